The predicted octanol–water partition coefficient (Wildman–Crippen LogP) is -8.12. The quantitative estimate of drug-likeness (QED) is 0.240. The molecule has 13 heteroatoms. The van der Waals surface area contributed by atoms with E-state index in [9.17, 15) is 0 Å². The molecule has 60 valence electrons. The maximum absolute atomic E-state index is 0. The second-order valence-corrected chi connectivity index (χ2v) is 0. The van der Waals surface area contributed by atoms with Crippen molar-refractivity contribution in [2.75, 3.05) is 0 Å². The third-order valence-electron chi connectivity index (χ3n) is 0. The zero-order chi connectivity index (χ0) is 0. The standard InChI is InChI=1S/2In.2Li.7O.2Sn.2H/q2*+3;2*+1;7*-2;2*+4;2*-1. The summed E-state index contributed by atoms with van der Waals surface area (Å²) in [6, 6.07) is 0. The Morgan fingerprint density at radius 3 is 0.385 bits per heavy atom. The first-order valence-corrected chi connectivity index (χ1v) is 0. The Hall–Kier alpha value is 4.25. The normalized spacial score (nSPS) is 0. The molecule has 0 N–H and O–H groups in total. The van der Waals surface area contributed by atoms with Gasteiger partial charge in [-0.1, -0.05) is 0 Å². The molecular weight excluding hydrogens is 593 g/mol. The van der Waals surface area contributed by atoms with Gasteiger partial charge in [-0.15, -0.1) is 0 Å². The summed E-state index contributed by atoms with van der Waals surface area (Å²) in [5, 5.41) is 0. The van der Waals surface area contributed by atoms with Crippen molar-refractivity contribution in [3.8, 4) is 0 Å². The maximum Gasteiger partial charge on any atom is 4.00 e. The van der Waals surface area contributed by atoms with Crippen molar-refractivity contribution in [2.45, 2.75) is 0 Å². The van der Waals surface area contributed by atoms with Crippen molar-refractivity contribution in [3.63, 3.8) is 0 Å². The Morgan fingerprint density at radius 2 is 0.385 bits per heavy atom. The fraction of sp³-hybridized carbons (Fsp3) is 0. The monoisotopic (exact) mass is 598 g/mol. The van der Waals surface area contributed by atoms with E-state index in [1.54, 1.807) is 0 Å². The van der Waals surface area contributed by atoms with Crippen LogP contribution in [0.15, 0.2) is 0 Å². The molecule has 0 aliphatic rings. The number of rotatable bonds is 0. The van der Waals surface area contributed by atoms with E-state index in [4.69, 9.17) is 0 Å². The molecule has 0 heterocycles. The zero-order valence-corrected chi connectivity index (χ0v) is 19.3. The summed E-state index contributed by atoms with van der Waals surface area (Å²) >= 11 is 0. The fourth-order valence-corrected chi connectivity index (χ4v) is 0. The minimum absolute atomic E-state index is 0. The Labute approximate surface area is 175 Å². The molecule has 0 aromatic rings. The largest absolute Gasteiger partial charge is 4.00 e. The Kier molecular flexibility index (Phi) is 4050. The van der Waals surface area contributed by atoms with Gasteiger partial charge in [0, 0.05) is 0 Å². The Bertz CT molecular complexity index is 31.0. The number of hydrogen-bond acceptors (Lipinski definition) is 0. The van der Waals surface area contributed by atoms with Crippen LogP contribution in [-0.4, -0.2) is 99.5 Å². The first-order chi connectivity index (χ1) is 0. The van der Waals surface area contributed by atoms with E-state index in [0.29, 0.717) is 0 Å². The minimum atomic E-state index is 0. The van der Waals surface area contributed by atoms with Crippen LogP contribution in [0.3, 0.4) is 0 Å². The van der Waals surface area contributed by atoms with E-state index >= 15 is 0 Å². The zero-order valence-electron chi connectivity index (χ0n) is 9.01. The molecule has 0 fully saturated rings. The van der Waals surface area contributed by atoms with Gasteiger partial charge >= 0.3 is 137 Å². The van der Waals surface area contributed by atoms with Crippen LogP contribution in [0.1, 0.15) is 2.85 Å². The molecule has 0 amide bonds. The van der Waals surface area contributed by atoms with Crippen LogP contribution in [-0.2, 0) is 38.3 Å². The molecule has 0 aliphatic heterocycles. The number of hydrogen-bond donors (Lipinski definition) is 0. The molecule has 0 radical (unpaired) electrons. The third-order valence-corrected chi connectivity index (χ3v) is 0. The van der Waals surface area contributed by atoms with E-state index in [1.165, 1.54) is 0 Å². The van der Waals surface area contributed by atoms with Gasteiger partial charge in [0.25, 0.3) is 0 Å². The van der Waals surface area contributed by atoms with Gasteiger partial charge in [0.15, 0.2) is 0 Å². The fourth-order valence-electron chi connectivity index (χ4n) is 0. The summed E-state index contributed by atoms with van der Waals surface area (Å²) in [5.41, 5.74) is 0. The molecule has 0 rings (SSSR count). The van der Waals surface area contributed by atoms with Crippen LogP contribution in [0.2, 0.25) is 0 Å². The molecule has 7 nitrogen and oxygen atoms in total. The van der Waals surface area contributed by atoms with Crippen LogP contribution in [0.5, 0.6) is 0 Å². The molecular formula is H2In2Li2O7Sn2. The van der Waals surface area contributed by atoms with Gasteiger partial charge < -0.3 is 41.2 Å². The van der Waals surface area contributed by atoms with Gasteiger partial charge in [0.05, 0.1) is 0 Å². The van der Waals surface area contributed by atoms with E-state index in [0.717, 1.165) is 0 Å². The maximum atomic E-state index is 0. The first kappa shape index (κ1) is 252. The predicted molar refractivity (Wildman–Crippen MR) is 30.0 cm³/mol. The average Bonchev–Trinajstić information content (AvgIpc) is 0. The van der Waals surface area contributed by atoms with E-state index in [1.807, 2.05) is 0 Å². The van der Waals surface area contributed by atoms with Crippen LogP contribution in [0.4, 0.5) is 0 Å². The molecule has 13 heavy (non-hydrogen) atoms. The van der Waals surface area contributed by atoms with Crippen LogP contribution >= 0.6 is 0 Å². The van der Waals surface area contributed by atoms with Crippen molar-refractivity contribution in [1.29, 1.82) is 0 Å². The van der Waals surface area contributed by atoms with E-state index < -0.39 is 0 Å². The second kappa shape index (κ2) is 209. The van der Waals surface area contributed by atoms with Crippen molar-refractivity contribution in [1.82, 2.24) is 0 Å². The molecule has 0 spiro atoms. The third kappa shape index (κ3) is 183. The van der Waals surface area contributed by atoms with Gasteiger partial charge in [-0.25, -0.2) is 0 Å². The van der Waals surface area contributed by atoms with Gasteiger partial charge in [0.1, 0.15) is 0 Å². The van der Waals surface area contributed by atoms with Gasteiger partial charge in [-0.3, -0.25) is 0 Å². The van der Waals surface area contributed by atoms with Gasteiger partial charge in [-0.2, -0.15) is 0 Å². The van der Waals surface area contributed by atoms with Crippen LogP contribution in [0.25, 0.3) is 0 Å². The summed E-state index contributed by atoms with van der Waals surface area (Å²) < 4.78 is 0. The van der Waals surface area contributed by atoms with Crippen molar-refractivity contribution < 1.29 is 78.9 Å². The first-order valence-electron chi connectivity index (χ1n) is 0. The van der Waals surface area contributed by atoms with Crippen molar-refractivity contribution in [3.05, 3.63) is 0 Å². The summed E-state index contributed by atoms with van der Waals surface area (Å²) in [5.74, 6) is 0. The summed E-state index contributed by atoms with van der Waals surface area (Å²) in [6.07, 6.45) is 0. The molecule has 0 aromatic carbocycles. The second-order valence-electron chi connectivity index (χ2n) is 0. The van der Waals surface area contributed by atoms with E-state index in [2.05, 4.69) is 0 Å². The van der Waals surface area contributed by atoms with E-state index in [-0.39, 0.29) is 178 Å². The van der Waals surface area contributed by atoms with Crippen LogP contribution < -0.4 is 37.7 Å². The average molecular weight is 595 g/mol. The smallest absolute Gasteiger partial charge is 2.00 e. The molecule has 0 saturated carbocycles. The topological polar surface area (TPSA) is 200 Å². The van der Waals surface area contributed by atoms with Gasteiger partial charge in [-0.05, 0) is 0 Å². The minimum Gasteiger partial charge on any atom is -2.00 e. The molecule has 0 aromatic heterocycles. The Balaban J connectivity index is 0. The van der Waals surface area contributed by atoms with Crippen molar-refractivity contribution in [2.24, 2.45) is 0 Å². The SMILES string of the molecule is [H-].[H-].[In+3].[In+3].[Li+].[Li+].[O-2].[O-2].[O-2].[O-2].[O-2].[O-2].[O-2].[Sn+4].[Sn+4]. The molecule has 0 bridgehead atoms. The Morgan fingerprint density at radius 1 is 0.385 bits per heavy atom. The van der Waals surface area contributed by atoms with Crippen LogP contribution in [0, 0.1) is 0 Å². The van der Waals surface area contributed by atoms with Crippen molar-refractivity contribution >= 4 is 99.5 Å². The van der Waals surface area contributed by atoms with Gasteiger partial charge in [0.2, 0.25) is 0 Å². The summed E-state index contributed by atoms with van der Waals surface area (Å²) in [4.78, 5) is 0. The summed E-state index contributed by atoms with van der Waals surface area (Å²) in [7, 11) is 0. The molecule has 0 saturated heterocycles. The summed E-state index contributed by atoms with van der Waals surface area (Å²) in [6.45, 7) is 0. The molecule has 0 unspecified atom stereocenters. The molecule has 0 atom stereocenters. The molecule has 0 aliphatic carbocycles.